The Bertz CT molecular complexity index is 1160. The van der Waals surface area contributed by atoms with Gasteiger partial charge in [0.05, 0.1) is 17.7 Å². The molecule has 0 saturated carbocycles. The molecule has 0 unspecified atom stereocenters. The summed E-state index contributed by atoms with van der Waals surface area (Å²) in [4.78, 5) is 29.8. The first kappa shape index (κ1) is 21.5. The Kier molecular flexibility index (Phi) is 5.17. The summed E-state index contributed by atoms with van der Waals surface area (Å²) in [6, 6.07) is 10.0. The quantitative estimate of drug-likeness (QED) is 0.696. The number of halogens is 2. The maximum atomic E-state index is 13.8. The number of nitriles is 1. The summed E-state index contributed by atoms with van der Waals surface area (Å²) < 4.78 is 33.8. The van der Waals surface area contributed by atoms with E-state index in [-0.39, 0.29) is 11.8 Å². The molecule has 3 heterocycles. The zero-order valence-electron chi connectivity index (χ0n) is 18.2. The number of benzene rings is 2. The average molecular weight is 451 g/mol. The van der Waals surface area contributed by atoms with Gasteiger partial charge in [-0.25, -0.2) is 8.78 Å². The highest BCUT2D eigenvalue weighted by molar-refractivity contribution is 5.95. The van der Waals surface area contributed by atoms with E-state index in [0.717, 1.165) is 11.6 Å². The van der Waals surface area contributed by atoms with Crippen LogP contribution in [-0.2, 0) is 9.53 Å². The van der Waals surface area contributed by atoms with E-state index in [4.69, 9.17) is 10.00 Å². The second-order valence-electron chi connectivity index (χ2n) is 9.01. The molecule has 170 valence electrons. The minimum absolute atomic E-state index is 0.142. The number of hydrogen-bond acceptors (Lipinski definition) is 4. The Morgan fingerprint density at radius 2 is 1.82 bits per heavy atom. The number of likely N-dealkylation sites (tertiary alicyclic amines) is 1. The smallest absolute Gasteiger partial charge is 0.257 e. The number of carbonyl (C=O) groups is 2. The van der Waals surface area contributed by atoms with Crippen LogP contribution in [0.5, 0.6) is 0 Å². The lowest BCUT2D eigenvalue weighted by atomic mass is 9.89. The van der Waals surface area contributed by atoms with Crippen LogP contribution in [0.25, 0.3) is 0 Å². The zero-order valence-corrected chi connectivity index (χ0v) is 18.2. The summed E-state index contributed by atoms with van der Waals surface area (Å²) >= 11 is 0. The van der Waals surface area contributed by atoms with Crippen LogP contribution < -0.4 is 0 Å². The van der Waals surface area contributed by atoms with Crippen LogP contribution in [0.15, 0.2) is 36.4 Å². The maximum Gasteiger partial charge on any atom is 0.257 e. The van der Waals surface area contributed by atoms with Gasteiger partial charge in [0.1, 0.15) is 17.9 Å². The lowest BCUT2D eigenvalue weighted by Crippen LogP contribution is -2.51. The van der Waals surface area contributed by atoms with Crippen LogP contribution in [0.4, 0.5) is 8.78 Å². The molecule has 2 aromatic carbocycles. The Morgan fingerprint density at radius 3 is 2.45 bits per heavy atom. The molecule has 33 heavy (non-hydrogen) atoms. The van der Waals surface area contributed by atoms with Crippen LogP contribution >= 0.6 is 0 Å². The molecule has 8 heteroatoms. The fraction of sp³-hybridized carbons (Fsp3) is 0.400. The molecule has 0 aliphatic carbocycles. The van der Waals surface area contributed by atoms with Crippen LogP contribution in [-0.4, -0.2) is 46.5 Å². The van der Waals surface area contributed by atoms with E-state index in [2.05, 4.69) is 6.07 Å². The van der Waals surface area contributed by atoms with Crippen molar-refractivity contribution in [2.75, 3.05) is 13.1 Å². The summed E-state index contributed by atoms with van der Waals surface area (Å²) in [7, 11) is 0. The minimum atomic E-state index is -1.01. The first-order chi connectivity index (χ1) is 15.8. The van der Waals surface area contributed by atoms with Crippen molar-refractivity contribution in [3.8, 4) is 6.07 Å². The van der Waals surface area contributed by atoms with E-state index in [1.165, 1.54) is 12.1 Å². The summed E-state index contributed by atoms with van der Waals surface area (Å²) in [5.74, 6) is -1.64. The third-order valence-corrected chi connectivity index (χ3v) is 7.04. The Labute approximate surface area is 190 Å². The number of fused-ring (bicyclic) bond motifs is 1. The van der Waals surface area contributed by atoms with E-state index in [1.807, 2.05) is 0 Å². The molecule has 0 aromatic heterocycles. The first-order valence-electron chi connectivity index (χ1n) is 11.1. The number of hydrogen-bond donors (Lipinski definition) is 0. The van der Waals surface area contributed by atoms with Crippen molar-refractivity contribution in [2.24, 2.45) is 0 Å². The number of carbonyl (C=O) groups excluding carboxylic acids is 2. The number of aryl methyl sites for hydroxylation is 1. The van der Waals surface area contributed by atoms with Gasteiger partial charge in [0.15, 0.2) is 5.60 Å². The maximum absolute atomic E-state index is 13.8. The predicted molar refractivity (Wildman–Crippen MR) is 114 cm³/mol. The topological polar surface area (TPSA) is 73.6 Å². The molecule has 2 aromatic rings. The summed E-state index contributed by atoms with van der Waals surface area (Å²) in [6.07, 6.45) is 1.49. The third-order valence-electron chi connectivity index (χ3n) is 7.04. The highest BCUT2D eigenvalue weighted by atomic mass is 19.1. The largest absolute Gasteiger partial charge is 0.342 e. The molecule has 2 atom stereocenters. The van der Waals surface area contributed by atoms with Gasteiger partial charge >= 0.3 is 0 Å². The van der Waals surface area contributed by atoms with Gasteiger partial charge in [-0.2, -0.15) is 5.26 Å². The van der Waals surface area contributed by atoms with E-state index in [0.29, 0.717) is 55.5 Å². The molecule has 3 saturated heterocycles. The second-order valence-corrected chi connectivity index (χ2v) is 9.01. The molecule has 0 radical (unpaired) electrons. The highest BCUT2D eigenvalue weighted by Crippen LogP contribution is 2.47. The summed E-state index contributed by atoms with van der Waals surface area (Å²) in [5, 5.41) is 9.09. The summed E-state index contributed by atoms with van der Waals surface area (Å²) in [5.41, 5.74) is 1.21. The lowest BCUT2D eigenvalue weighted by Gasteiger charge is -2.37. The van der Waals surface area contributed by atoms with Gasteiger partial charge in [-0.1, -0.05) is 0 Å². The Hall–Kier alpha value is -3.31. The normalized spacial score (nSPS) is 23.6. The van der Waals surface area contributed by atoms with Crippen molar-refractivity contribution in [3.63, 3.8) is 0 Å². The molecule has 0 bridgehead atoms. The van der Waals surface area contributed by atoms with Crippen LogP contribution in [0.1, 0.15) is 58.8 Å². The molecular formula is C25H23F2N3O3. The number of amides is 2. The van der Waals surface area contributed by atoms with E-state index in [9.17, 15) is 18.4 Å². The highest BCUT2D eigenvalue weighted by Gasteiger charge is 2.58. The van der Waals surface area contributed by atoms with Crippen LogP contribution in [0.2, 0.25) is 0 Å². The van der Waals surface area contributed by atoms with E-state index in [1.54, 1.807) is 34.9 Å². The van der Waals surface area contributed by atoms with Gasteiger partial charge in [-0.15, -0.1) is 0 Å². The molecule has 3 aliphatic heterocycles. The number of rotatable bonds is 2. The number of ether oxygens (including phenoxy) is 1. The molecule has 3 fully saturated rings. The fourth-order valence-corrected chi connectivity index (χ4v) is 5.32. The zero-order chi connectivity index (χ0) is 23.3. The molecule has 1 spiro atoms. The van der Waals surface area contributed by atoms with E-state index < -0.39 is 29.5 Å². The lowest BCUT2D eigenvalue weighted by molar-refractivity contribution is -0.142. The van der Waals surface area contributed by atoms with Gasteiger partial charge < -0.3 is 14.5 Å². The molecular weight excluding hydrogens is 428 g/mol. The van der Waals surface area contributed by atoms with Gasteiger partial charge in [0, 0.05) is 37.6 Å². The van der Waals surface area contributed by atoms with Gasteiger partial charge in [0.2, 0.25) is 0 Å². The van der Waals surface area contributed by atoms with Gasteiger partial charge in [-0.05, 0) is 61.2 Å². The van der Waals surface area contributed by atoms with Crippen molar-refractivity contribution >= 4 is 11.8 Å². The Morgan fingerprint density at radius 1 is 1.12 bits per heavy atom. The van der Waals surface area contributed by atoms with Crippen LogP contribution in [0, 0.1) is 29.9 Å². The van der Waals surface area contributed by atoms with Crippen molar-refractivity contribution < 1.29 is 23.1 Å². The number of piperidine rings is 1. The minimum Gasteiger partial charge on any atom is -0.342 e. The van der Waals surface area contributed by atoms with Gasteiger partial charge in [0.25, 0.3) is 11.8 Å². The Balaban J connectivity index is 1.30. The third kappa shape index (κ3) is 3.57. The standard InChI is InChI=1S/C25H23F2N3O3/c1-15-10-16(2-3-17(15)14-28)23(31)29-8-6-25(7-9-29)24(32)30-21(4-5-22(30)33-25)18-11-19(26)13-20(27)12-18/h2-3,10-13,21-22H,4-9H2,1H3/t21-,22+/m0/s1. The summed E-state index contributed by atoms with van der Waals surface area (Å²) in [6.45, 7) is 2.52. The second kappa shape index (κ2) is 7.92. The van der Waals surface area contributed by atoms with E-state index >= 15 is 0 Å². The van der Waals surface area contributed by atoms with Crippen molar-refractivity contribution in [1.29, 1.82) is 5.26 Å². The SMILES string of the molecule is Cc1cc(C(=O)N2CCC3(CC2)O[C@@H]2CC[C@@H](c4cc(F)cc(F)c4)N2C3=O)ccc1C#N. The molecule has 2 amide bonds. The monoisotopic (exact) mass is 451 g/mol. The first-order valence-corrected chi connectivity index (χ1v) is 11.1. The molecule has 0 N–H and O–H groups in total. The predicted octanol–water partition coefficient (Wildman–Crippen LogP) is 3.84. The number of nitrogens with zero attached hydrogens (tertiary/aromatic N) is 3. The molecule has 5 rings (SSSR count). The molecule has 6 nitrogen and oxygen atoms in total. The van der Waals surface area contributed by atoms with Crippen molar-refractivity contribution in [3.05, 3.63) is 70.3 Å². The van der Waals surface area contributed by atoms with Gasteiger partial charge in [-0.3, -0.25) is 9.59 Å². The average Bonchev–Trinajstić information content (AvgIpc) is 3.31. The molecule has 3 aliphatic rings. The van der Waals surface area contributed by atoms with Crippen molar-refractivity contribution in [1.82, 2.24) is 9.80 Å². The van der Waals surface area contributed by atoms with Crippen molar-refractivity contribution in [2.45, 2.75) is 50.5 Å². The fourth-order valence-electron chi connectivity index (χ4n) is 5.32. The van der Waals surface area contributed by atoms with Crippen LogP contribution in [0.3, 0.4) is 0 Å².